The van der Waals surface area contributed by atoms with Crippen LogP contribution >= 0.6 is 11.6 Å². The number of hydrogen-bond donors (Lipinski definition) is 1. The van der Waals surface area contributed by atoms with Crippen LogP contribution in [0.5, 0.6) is 0 Å². The van der Waals surface area contributed by atoms with Crippen molar-refractivity contribution in [1.82, 2.24) is 4.57 Å². The normalized spacial score (nSPS) is 11.2. The lowest BCUT2D eigenvalue weighted by atomic mass is 10.2. The summed E-state index contributed by atoms with van der Waals surface area (Å²) in [6.07, 6.45) is -3.83. The summed E-state index contributed by atoms with van der Waals surface area (Å²) in [7, 11) is 0. The third-order valence-electron chi connectivity index (χ3n) is 3.05. The highest BCUT2D eigenvalue weighted by molar-refractivity contribution is 6.31. The van der Waals surface area contributed by atoms with Gasteiger partial charge in [-0.05, 0) is 18.2 Å². The highest BCUT2D eigenvalue weighted by Crippen LogP contribution is 2.36. The molecule has 7 nitrogen and oxygen atoms in total. The molecule has 2 rings (SSSR count). The molecular formula is C14H9ClF3N3O4. The number of carbonyl (C=O) groups excluding carboxylic acids is 1. The van der Waals surface area contributed by atoms with Crippen molar-refractivity contribution >= 4 is 28.9 Å². The summed E-state index contributed by atoms with van der Waals surface area (Å²) in [5, 5.41) is 12.3. The molecule has 0 aliphatic rings. The Balaban J connectivity index is 2.20. The second-order valence-corrected chi connectivity index (χ2v) is 5.26. The second-order valence-electron chi connectivity index (χ2n) is 4.85. The van der Waals surface area contributed by atoms with E-state index in [9.17, 15) is 32.9 Å². The van der Waals surface area contributed by atoms with E-state index in [-0.39, 0.29) is 5.69 Å². The molecule has 25 heavy (non-hydrogen) atoms. The van der Waals surface area contributed by atoms with Crippen LogP contribution in [0.4, 0.5) is 24.5 Å². The number of pyridine rings is 1. The average Bonchev–Trinajstić information content (AvgIpc) is 2.50. The molecule has 132 valence electrons. The number of halogens is 4. The number of carbonyl (C=O) groups is 1. The van der Waals surface area contributed by atoms with Gasteiger partial charge in [0.25, 0.3) is 11.2 Å². The van der Waals surface area contributed by atoms with E-state index in [1.54, 1.807) is 0 Å². The van der Waals surface area contributed by atoms with E-state index in [0.717, 1.165) is 35.0 Å². The van der Waals surface area contributed by atoms with Crippen LogP contribution in [0.25, 0.3) is 0 Å². The summed E-state index contributed by atoms with van der Waals surface area (Å²) in [6, 6.07) is 4.67. The summed E-state index contributed by atoms with van der Waals surface area (Å²) < 4.78 is 39.1. The van der Waals surface area contributed by atoms with Gasteiger partial charge in [0.2, 0.25) is 5.91 Å². The molecule has 0 saturated carbocycles. The first-order valence-electron chi connectivity index (χ1n) is 6.59. The number of benzene rings is 1. The molecular weight excluding hydrogens is 367 g/mol. The maximum Gasteiger partial charge on any atom is 0.417 e. The lowest BCUT2D eigenvalue weighted by Gasteiger charge is -2.12. The Morgan fingerprint density at radius 1 is 1.28 bits per heavy atom. The van der Waals surface area contributed by atoms with Crippen molar-refractivity contribution < 1.29 is 22.9 Å². The second kappa shape index (κ2) is 6.93. The minimum atomic E-state index is -4.70. The summed E-state index contributed by atoms with van der Waals surface area (Å²) in [5.74, 6) is -0.835. The van der Waals surface area contributed by atoms with Crippen molar-refractivity contribution in [3.05, 3.63) is 67.6 Å². The number of anilines is 1. The zero-order valence-electron chi connectivity index (χ0n) is 12.2. The SMILES string of the molecule is O=C(Cn1cc([N+](=O)[O-])ccc1=O)Nc1ccc(Cl)c(C(F)(F)F)c1. The van der Waals surface area contributed by atoms with Crippen molar-refractivity contribution in [2.24, 2.45) is 0 Å². The van der Waals surface area contributed by atoms with Gasteiger partial charge < -0.3 is 5.32 Å². The first-order chi connectivity index (χ1) is 11.6. The van der Waals surface area contributed by atoms with E-state index >= 15 is 0 Å². The molecule has 0 atom stereocenters. The van der Waals surface area contributed by atoms with Crippen LogP contribution in [-0.2, 0) is 17.5 Å². The smallest absolute Gasteiger partial charge is 0.325 e. The Bertz CT molecular complexity index is 896. The van der Waals surface area contributed by atoms with Gasteiger partial charge in [0.15, 0.2) is 0 Å². The molecule has 2 aromatic rings. The predicted molar refractivity (Wildman–Crippen MR) is 82.4 cm³/mol. The third-order valence-corrected chi connectivity index (χ3v) is 3.38. The Labute approximate surface area is 142 Å². The van der Waals surface area contributed by atoms with Crippen LogP contribution in [0, 0.1) is 10.1 Å². The summed E-state index contributed by atoms with van der Waals surface area (Å²) in [4.78, 5) is 33.4. The van der Waals surface area contributed by atoms with E-state index < -0.39 is 45.4 Å². The lowest BCUT2D eigenvalue weighted by Crippen LogP contribution is -2.27. The quantitative estimate of drug-likeness (QED) is 0.656. The van der Waals surface area contributed by atoms with Crippen LogP contribution in [0.3, 0.4) is 0 Å². The zero-order chi connectivity index (χ0) is 18.8. The zero-order valence-corrected chi connectivity index (χ0v) is 13.0. The van der Waals surface area contributed by atoms with Crippen molar-refractivity contribution in [2.75, 3.05) is 5.32 Å². The summed E-state index contributed by atoms with van der Waals surface area (Å²) in [6.45, 7) is -0.607. The molecule has 0 bridgehead atoms. The van der Waals surface area contributed by atoms with Crippen LogP contribution in [0.1, 0.15) is 5.56 Å². The van der Waals surface area contributed by atoms with Gasteiger partial charge in [-0.1, -0.05) is 11.6 Å². The van der Waals surface area contributed by atoms with Gasteiger partial charge in [-0.25, -0.2) is 0 Å². The third kappa shape index (κ3) is 4.57. The van der Waals surface area contributed by atoms with Crippen molar-refractivity contribution in [3.63, 3.8) is 0 Å². The van der Waals surface area contributed by atoms with Gasteiger partial charge in [0.1, 0.15) is 6.54 Å². The van der Waals surface area contributed by atoms with Crippen molar-refractivity contribution in [1.29, 1.82) is 0 Å². The first-order valence-corrected chi connectivity index (χ1v) is 6.97. The molecule has 1 N–H and O–H groups in total. The Hall–Kier alpha value is -2.88. The Morgan fingerprint density at radius 3 is 2.56 bits per heavy atom. The number of hydrogen-bond acceptors (Lipinski definition) is 4. The minimum Gasteiger partial charge on any atom is -0.325 e. The van der Waals surface area contributed by atoms with Crippen molar-refractivity contribution in [2.45, 2.75) is 12.7 Å². The molecule has 0 aliphatic heterocycles. The Kier molecular flexibility index (Phi) is 5.12. The molecule has 1 amide bonds. The molecule has 1 heterocycles. The standard InChI is InChI=1S/C14H9ClF3N3O4/c15-11-3-1-8(5-10(11)14(16,17)18)19-12(22)7-20-6-9(21(24)25)2-4-13(20)23/h1-6H,7H2,(H,19,22). The monoisotopic (exact) mass is 375 g/mol. The van der Waals surface area contributed by atoms with E-state index in [1.807, 2.05) is 0 Å². The van der Waals surface area contributed by atoms with Crippen molar-refractivity contribution in [3.8, 4) is 0 Å². The number of nitrogens with zero attached hydrogens (tertiary/aromatic N) is 2. The van der Waals surface area contributed by atoms with Gasteiger partial charge in [0.05, 0.1) is 21.7 Å². The Morgan fingerprint density at radius 2 is 1.96 bits per heavy atom. The van der Waals surface area contributed by atoms with Crippen LogP contribution < -0.4 is 10.9 Å². The first kappa shape index (κ1) is 18.5. The highest BCUT2D eigenvalue weighted by atomic mass is 35.5. The maximum absolute atomic E-state index is 12.8. The average molecular weight is 376 g/mol. The molecule has 0 spiro atoms. The minimum absolute atomic E-state index is 0.180. The molecule has 0 saturated heterocycles. The molecule has 1 aromatic carbocycles. The molecule has 0 radical (unpaired) electrons. The lowest BCUT2D eigenvalue weighted by molar-refractivity contribution is -0.385. The fourth-order valence-corrected chi connectivity index (χ4v) is 2.15. The largest absolute Gasteiger partial charge is 0.417 e. The van der Waals surface area contributed by atoms with Gasteiger partial charge >= 0.3 is 6.18 Å². The molecule has 0 fully saturated rings. The summed E-state index contributed by atoms with van der Waals surface area (Å²) >= 11 is 5.47. The van der Waals surface area contributed by atoms with Crippen LogP contribution in [0.2, 0.25) is 5.02 Å². The maximum atomic E-state index is 12.8. The number of amides is 1. The van der Waals surface area contributed by atoms with E-state index in [1.165, 1.54) is 0 Å². The number of rotatable bonds is 4. The molecule has 0 aliphatic carbocycles. The summed E-state index contributed by atoms with van der Waals surface area (Å²) in [5.41, 5.74) is -2.38. The molecule has 1 aromatic heterocycles. The number of aromatic nitrogens is 1. The van der Waals surface area contributed by atoms with Gasteiger partial charge in [-0.3, -0.25) is 24.3 Å². The topological polar surface area (TPSA) is 94.2 Å². The highest BCUT2D eigenvalue weighted by Gasteiger charge is 2.33. The number of nitrogens with one attached hydrogen (secondary N) is 1. The van der Waals surface area contributed by atoms with E-state index in [0.29, 0.717) is 6.07 Å². The number of alkyl halides is 3. The fourth-order valence-electron chi connectivity index (χ4n) is 1.93. The van der Waals surface area contributed by atoms with Crippen LogP contribution in [0.15, 0.2) is 41.3 Å². The van der Waals surface area contributed by atoms with Gasteiger partial charge in [-0.2, -0.15) is 13.2 Å². The van der Waals surface area contributed by atoms with Gasteiger partial charge in [0, 0.05) is 17.8 Å². The predicted octanol–water partition coefficient (Wildman–Crippen LogP) is 3.07. The molecule has 11 heteroatoms. The van der Waals surface area contributed by atoms with Gasteiger partial charge in [-0.15, -0.1) is 0 Å². The van der Waals surface area contributed by atoms with E-state index in [4.69, 9.17) is 11.6 Å². The van der Waals surface area contributed by atoms with E-state index in [2.05, 4.69) is 5.32 Å². The van der Waals surface area contributed by atoms with Crippen LogP contribution in [-0.4, -0.2) is 15.4 Å². The number of nitro groups is 1. The molecule has 0 unspecified atom stereocenters. The fraction of sp³-hybridized carbons (Fsp3) is 0.143.